The smallest absolute Gasteiger partial charge is 0.119 e. The highest BCUT2D eigenvalue weighted by molar-refractivity contribution is 8.21. The Bertz CT molecular complexity index is 523. The average Bonchev–Trinajstić information content (AvgIpc) is 2.65. The lowest BCUT2D eigenvalue weighted by Gasteiger charge is -2.08. The third kappa shape index (κ3) is 7.47. The quantitative estimate of drug-likeness (QED) is 0.369. The van der Waals surface area contributed by atoms with Crippen LogP contribution in [0.1, 0.15) is 25.7 Å². The normalized spacial score (nSPS) is 10.6. The Morgan fingerprint density at radius 3 is 1.29 bits per heavy atom. The first-order valence-electron chi connectivity index (χ1n) is 7.85. The van der Waals surface area contributed by atoms with Crippen molar-refractivity contribution < 1.29 is 9.47 Å². The zero-order chi connectivity index (χ0) is 17.0. The van der Waals surface area contributed by atoms with Crippen molar-refractivity contribution in [3.05, 3.63) is 48.5 Å². The third-order valence-electron chi connectivity index (χ3n) is 3.40. The SMILES string of the molecule is ClSc1ccc(OCCCCCCOc2ccc(SCl)cc2)cc1. The van der Waals surface area contributed by atoms with Gasteiger partial charge in [-0.05, 0) is 118 Å². The molecule has 0 aliphatic carbocycles. The van der Waals surface area contributed by atoms with E-state index < -0.39 is 0 Å². The van der Waals surface area contributed by atoms with Crippen molar-refractivity contribution in [1.29, 1.82) is 0 Å². The Hall–Kier alpha value is -0.680. The number of unbranched alkanes of at least 4 members (excludes halogenated alkanes) is 3. The summed E-state index contributed by atoms with van der Waals surface area (Å²) in [6, 6.07) is 15.6. The van der Waals surface area contributed by atoms with Gasteiger partial charge in [-0.25, -0.2) is 0 Å². The Balaban J connectivity index is 1.48. The van der Waals surface area contributed by atoms with Crippen molar-refractivity contribution in [1.82, 2.24) is 0 Å². The van der Waals surface area contributed by atoms with Gasteiger partial charge < -0.3 is 9.47 Å². The van der Waals surface area contributed by atoms with Gasteiger partial charge >= 0.3 is 0 Å². The molecule has 0 aliphatic heterocycles. The molecule has 0 saturated heterocycles. The fraction of sp³-hybridized carbons (Fsp3) is 0.333. The number of ether oxygens (including phenoxy) is 2. The molecule has 0 radical (unpaired) electrons. The lowest BCUT2D eigenvalue weighted by atomic mass is 10.2. The van der Waals surface area contributed by atoms with Crippen LogP contribution >= 0.6 is 43.3 Å². The fourth-order valence-corrected chi connectivity index (χ4v) is 3.21. The van der Waals surface area contributed by atoms with E-state index in [9.17, 15) is 0 Å². The van der Waals surface area contributed by atoms with Crippen LogP contribution in [-0.4, -0.2) is 13.2 Å². The van der Waals surface area contributed by atoms with Gasteiger partial charge in [0.1, 0.15) is 11.5 Å². The maximum atomic E-state index is 5.71. The zero-order valence-corrected chi connectivity index (χ0v) is 16.4. The summed E-state index contributed by atoms with van der Waals surface area (Å²) in [5.41, 5.74) is 0. The van der Waals surface area contributed by atoms with Gasteiger partial charge in [-0.3, -0.25) is 0 Å². The Morgan fingerprint density at radius 2 is 0.958 bits per heavy atom. The van der Waals surface area contributed by atoms with Crippen molar-refractivity contribution in [2.45, 2.75) is 35.5 Å². The second-order valence-corrected chi connectivity index (χ2v) is 7.39. The summed E-state index contributed by atoms with van der Waals surface area (Å²) in [5.74, 6) is 1.79. The number of hydrogen-bond donors (Lipinski definition) is 0. The zero-order valence-electron chi connectivity index (χ0n) is 13.3. The summed E-state index contributed by atoms with van der Waals surface area (Å²) in [4.78, 5) is 2.06. The largest absolute Gasteiger partial charge is 0.494 e. The van der Waals surface area contributed by atoms with Crippen molar-refractivity contribution in [2.24, 2.45) is 0 Å². The van der Waals surface area contributed by atoms with E-state index in [1.165, 1.54) is 22.0 Å². The summed E-state index contributed by atoms with van der Waals surface area (Å²) >= 11 is 0. The van der Waals surface area contributed by atoms with Gasteiger partial charge in [0.2, 0.25) is 0 Å². The molecule has 0 amide bonds. The molecular weight excluding hydrogens is 383 g/mol. The van der Waals surface area contributed by atoms with Gasteiger partial charge in [0.15, 0.2) is 0 Å². The minimum atomic E-state index is 0.742. The summed E-state index contributed by atoms with van der Waals surface area (Å²) in [6.07, 6.45) is 4.38. The van der Waals surface area contributed by atoms with Crippen LogP contribution in [0.4, 0.5) is 0 Å². The Morgan fingerprint density at radius 1 is 0.583 bits per heavy atom. The lowest BCUT2D eigenvalue weighted by Crippen LogP contribution is -1.99. The molecule has 2 aromatic rings. The summed E-state index contributed by atoms with van der Waals surface area (Å²) in [5, 5.41) is 0. The second kappa shape index (κ2) is 11.8. The molecule has 0 spiro atoms. The van der Waals surface area contributed by atoms with Crippen LogP contribution in [0.5, 0.6) is 11.5 Å². The molecular formula is C18H20Cl2O2S2. The molecule has 0 bridgehead atoms. The van der Waals surface area contributed by atoms with E-state index in [1.807, 2.05) is 48.5 Å². The molecule has 0 saturated carbocycles. The predicted molar refractivity (Wildman–Crippen MR) is 106 cm³/mol. The second-order valence-electron chi connectivity index (χ2n) is 5.21. The molecule has 2 rings (SSSR count). The van der Waals surface area contributed by atoms with Crippen LogP contribution in [0.3, 0.4) is 0 Å². The maximum Gasteiger partial charge on any atom is 0.119 e. The highest BCUT2D eigenvalue weighted by atomic mass is 35.7. The van der Waals surface area contributed by atoms with E-state index in [2.05, 4.69) is 0 Å². The highest BCUT2D eigenvalue weighted by Crippen LogP contribution is 2.25. The number of halogens is 2. The van der Waals surface area contributed by atoms with E-state index in [0.717, 1.165) is 60.2 Å². The molecule has 0 atom stereocenters. The van der Waals surface area contributed by atoms with E-state index in [4.69, 9.17) is 30.8 Å². The summed E-state index contributed by atoms with van der Waals surface area (Å²) < 4.78 is 11.4. The molecule has 0 unspecified atom stereocenters. The fourth-order valence-electron chi connectivity index (χ4n) is 2.11. The Labute approximate surface area is 161 Å². The van der Waals surface area contributed by atoms with Crippen molar-refractivity contribution in [3.8, 4) is 11.5 Å². The Kier molecular flexibility index (Phi) is 9.66. The van der Waals surface area contributed by atoms with Gasteiger partial charge in [0.05, 0.1) is 13.2 Å². The number of benzene rings is 2. The van der Waals surface area contributed by atoms with Crippen LogP contribution in [0.25, 0.3) is 0 Å². The topological polar surface area (TPSA) is 18.5 Å². The van der Waals surface area contributed by atoms with Gasteiger partial charge in [0, 0.05) is 9.79 Å². The molecule has 0 N–H and O–H groups in total. The molecule has 0 fully saturated rings. The number of rotatable bonds is 11. The van der Waals surface area contributed by atoms with Crippen molar-refractivity contribution in [3.63, 3.8) is 0 Å². The molecule has 0 heterocycles. The van der Waals surface area contributed by atoms with Gasteiger partial charge in [0.25, 0.3) is 0 Å². The van der Waals surface area contributed by atoms with E-state index in [-0.39, 0.29) is 0 Å². The molecule has 2 aromatic carbocycles. The van der Waals surface area contributed by atoms with Crippen molar-refractivity contribution >= 4 is 43.3 Å². The van der Waals surface area contributed by atoms with Gasteiger partial charge in [-0.1, -0.05) is 0 Å². The summed E-state index contributed by atoms with van der Waals surface area (Å²) in [7, 11) is 13.8. The molecule has 2 nitrogen and oxygen atoms in total. The first kappa shape index (κ1) is 19.6. The van der Waals surface area contributed by atoms with Crippen LogP contribution in [0.2, 0.25) is 0 Å². The van der Waals surface area contributed by atoms with Gasteiger partial charge in [-0.15, -0.1) is 0 Å². The van der Waals surface area contributed by atoms with Crippen LogP contribution < -0.4 is 9.47 Å². The molecule has 0 aromatic heterocycles. The molecule has 6 heteroatoms. The monoisotopic (exact) mass is 402 g/mol. The van der Waals surface area contributed by atoms with Crippen LogP contribution in [0.15, 0.2) is 58.3 Å². The molecule has 24 heavy (non-hydrogen) atoms. The summed E-state index contributed by atoms with van der Waals surface area (Å²) in [6.45, 7) is 1.48. The first-order valence-corrected chi connectivity index (χ1v) is 11.1. The van der Waals surface area contributed by atoms with Crippen LogP contribution in [-0.2, 0) is 0 Å². The average molecular weight is 403 g/mol. The minimum absolute atomic E-state index is 0.742. The minimum Gasteiger partial charge on any atom is -0.494 e. The first-order chi connectivity index (χ1) is 11.8. The van der Waals surface area contributed by atoms with Crippen molar-refractivity contribution in [2.75, 3.05) is 13.2 Å². The van der Waals surface area contributed by atoms with E-state index >= 15 is 0 Å². The predicted octanol–water partition coefficient (Wildman–Crippen LogP) is 7.20. The third-order valence-corrected chi connectivity index (χ3v) is 5.37. The van der Waals surface area contributed by atoms with Crippen LogP contribution in [0, 0.1) is 0 Å². The number of hydrogen-bond acceptors (Lipinski definition) is 4. The van der Waals surface area contributed by atoms with E-state index in [0.29, 0.717) is 0 Å². The highest BCUT2D eigenvalue weighted by Gasteiger charge is 1.98. The lowest BCUT2D eigenvalue weighted by molar-refractivity contribution is 0.287. The van der Waals surface area contributed by atoms with E-state index in [1.54, 1.807) is 0 Å². The molecule has 130 valence electrons. The molecule has 0 aliphatic rings. The maximum absolute atomic E-state index is 5.71. The van der Waals surface area contributed by atoms with Gasteiger partial charge in [-0.2, -0.15) is 0 Å². The standard InChI is InChI=1S/C18H20Cl2O2S2/c19-23-17-9-5-15(6-10-17)21-13-3-1-2-4-14-22-16-7-11-18(24-20)12-8-16/h5-12H,1-4,13-14H2.